The van der Waals surface area contributed by atoms with E-state index in [9.17, 15) is 28.0 Å². The molecule has 1 saturated heterocycles. The SMILES string of the molecule is Cc1c(N(C(=O)C(C#N)=CN=C(N)N2CC(C)(C)NC2=O)C(C)C)cccc1C(F)(F)F. The molecular formula is C21H25F3N6O2. The van der Waals surface area contributed by atoms with Crippen LogP contribution in [0.2, 0.25) is 0 Å². The molecule has 32 heavy (non-hydrogen) atoms. The number of nitriles is 1. The number of urea groups is 1. The number of nitrogens with zero attached hydrogens (tertiary/aromatic N) is 4. The van der Waals surface area contributed by atoms with Crippen molar-refractivity contribution in [1.29, 1.82) is 5.26 Å². The third-order valence-electron chi connectivity index (χ3n) is 4.80. The van der Waals surface area contributed by atoms with Crippen LogP contribution in [0.5, 0.6) is 0 Å². The van der Waals surface area contributed by atoms with Crippen molar-refractivity contribution in [3.8, 4) is 6.07 Å². The number of guanidine groups is 1. The van der Waals surface area contributed by atoms with Gasteiger partial charge in [0.15, 0.2) is 0 Å². The first kappa shape index (κ1) is 24.7. The number of hydrogen-bond donors (Lipinski definition) is 2. The van der Waals surface area contributed by atoms with Gasteiger partial charge < -0.3 is 16.0 Å². The molecule has 0 atom stereocenters. The molecule has 0 unspecified atom stereocenters. The Morgan fingerprint density at radius 2 is 2.03 bits per heavy atom. The van der Waals surface area contributed by atoms with E-state index in [-0.39, 0.29) is 23.8 Å². The van der Waals surface area contributed by atoms with Crippen molar-refractivity contribution in [2.75, 3.05) is 11.4 Å². The van der Waals surface area contributed by atoms with Crippen LogP contribution >= 0.6 is 0 Å². The van der Waals surface area contributed by atoms with E-state index in [0.29, 0.717) is 0 Å². The third-order valence-corrected chi connectivity index (χ3v) is 4.80. The largest absolute Gasteiger partial charge is 0.416 e. The van der Waals surface area contributed by atoms with Gasteiger partial charge in [-0.3, -0.25) is 9.69 Å². The number of benzene rings is 1. The molecule has 0 bridgehead atoms. The maximum absolute atomic E-state index is 13.3. The van der Waals surface area contributed by atoms with Gasteiger partial charge >= 0.3 is 12.2 Å². The zero-order valence-electron chi connectivity index (χ0n) is 18.4. The molecule has 1 aromatic rings. The van der Waals surface area contributed by atoms with Crippen LogP contribution in [0.25, 0.3) is 0 Å². The van der Waals surface area contributed by atoms with Gasteiger partial charge in [-0.2, -0.15) is 18.4 Å². The first-order valence-electron chi connectivity index (χ1n) is 9.73. The fourth-order valence-electron chi connectivity index (χ4n) is 3.32. The van der Waals surface area contributed by atoms with Crippen LogP contribution in [0.3, 0.4) is 0 Å². The number of halogens is 3. The molecule has 0 saturated carbocycles. The summed E-state index contributed by atoms with van der Waals surface area (Å²) in [6.07, 6.45) is -3.68. The topological polar surface area (TPSA) is 115 Å². The predicted octanol–water partition coefficient (Wildman–Crippen LogP) is 3.28. The van der Waals surface area contributed by atoms with E-state index in [1.165, 1.54) is 19.1 Å². The van der Waals surface area contributed by atoms with Crippen molar-refractivity contribution in [3.05, 3.63) is 41.1 Å². The van der Waals surface area contributed by atoms with Gasteiger partial charge in [0.2, 0.25) is 5.96 Å². The second-order valence-electron chi connectivity index (χ2n) is 8.26. The lowest BCUT2D eigenvalue weighted by Gasteiger charge is -2.29. The van der Waals surface area contributed by atoms with Crippen LogP contribution in [0.15, 0.2) is 35.0 Å². The molecule has 1 aliphatic rings. The molecule has 8 nitrogen and oxygen atoms in total. The average Bonchev–Trinajstić information content (AvgIpc) is 2.94. The molecule has 172 valence electrons. The number of carbonyl (C=O) groups excluding carboxylic acids is 2. The lowest BCUT2D eigenvalue weighted by atomic mass is 10.0. The minimum absolute atomic E-state index is 0.0265. The Morgan fingerprint density at radius 3 is 2.50 bits per heavy atom. The molecule has 1 aliphatic heterocycles. The Bertz CT molecular complexity index is 1020. The summed E-state index contributed by atoms with van der Waals surface area (Å²) < 4.78 is 40.0. The first-order valence-corrected chi connectivity index (χ1v) is 9.73. The Labute approximate surface area is 184 Å². The van der Waals surface area contributed by atoms with Crippen molar-refractivity contribution >= 4 is 23.6 Å². The number of nitrogens with one attached hydrogen (secondary N) is 1. The maximum atomic E-state index is 13.3. The molecule has 0 radical (unpaired) electrons. The van der Waals surface area contributed by atoms with Crippen LogP contribution in [0.1, 0.15) is 38.8 Å². The summed E-state index contributed by atoms with van der Waals surface area (Å²) in [5.74, 6) is -1.06. The molecule has 3 amide bonds. The Hall–Kier alpha value is -3.55. The third kappa shape index (κ3) is 5.19. The second kappa shape index (κ2) is 8.90. The van der Waals surface area contributed by atoms with Crippen LogP contribution in [0.4, 0.5) is 23.7 Å². The van der Waals surface area contributed by atoms with Crippen LogP contribution in [0, 0.1) is 18.3 Å². The summed E-state index contributed by atoms with van der Waals surface area (Å²) in [4.78, 5) is 31.2. The maximum Gasteiger partial charge on any atom is 0.416 e. The summed E-state index contributed by atoms with van der Waals surface area (Å²) in [7, 11) is 0. The quantitative estimate of drug-likeness (QED) is 0.317. The highest BCUT2D eigenvalue weighted by atomic mass is 19.4. The highest BCUT2D eigenvalue weighted by Crippen LogP contribution is 2.36. The van der Waals surface area contributed by atoms with E-state index in [1.54, 1.807) is 33.8 Å². The van der Waals surface area contributed by atoms with Crippen molar-refractivity contribution < 1.29 is 22.8 Å². The summed E-state index contributed by atoms with van der Waals surface area (Å²) in [6, 6.07) is 4.18. The van der Waals surface area contributed by atoms with Crippen molar-refractivity contribution in [1.82, 2.24) is 10.2 Å². The molecule has 1 fully saturated rings. The van der Waals surface area contributed by atoms with E-state index >= 15 is 0 Å². The first-order chi connectivity index (χ1) is 14.7. The van der Waals surface area contributed by atoms with E-state index in [1.807, 2.05) is 0 Å². The molecule has 11 heteroatoms. The smallest absolute Gasteiger partial charge is 0.369 e. The predicted molar refractivity (Wildman–Crippen MR) is 113 cm³/mol. The molecular weight excluding hydrogens is 425 g/mol. The van der Waals surface area contributed by atoms with E-state index in [0.717, 1.165) is 22.1 Å². The van der Waals surface area contributed by atoms with Gasteiger partial charge in [-0.05, 0) is 52.3 Å². The number of hydrogen-bond acceptors (Lipinski definition) is 4. The molecule has 0 aliphatic carbocycles. The fourth-order valence-corrected chi connectivity index (χ4v) is 3.32. The molecule has 0 aromatic heterocycles. The molecule has 1 heterocycles. The number of rotatable bonds is 4. The molecule has 2 rings (SSSR count). The average molecular weight is 450 g/mol. The van der Waals surface area contributed by atoms with E-state index < -0.39 is 40.8 Å². The van der Waals surface area contributed by atoms with Gasteiger partial charge in [0.25, 0.3) is 5.91 Å². The summed E-state index contributed by atoms with van der Waals surface area (Å²) in [5, 5.41) is 12.2. The number of nitrogens with two attached hydrogens (primary N) is 1. The summed E-state index contributed by atoms with van der Waals surface area (Å²) >= 11 is 0. The van der Waals surface area contributed by atoms with Gasteiger partial charge in [0, 0.05) is 11.7 Å². The zero-order chi connectivity index (χ0) is 24.4. The van der Waals surface area contributed by atoms with Gasteiger partial charge in [0.05, 0.1) is 23.8 Å². The summed E-state index contributed by atoms with van der Waals surface area (Å²) in [6.45, 7) is 8.29. The minimum Gasteiger partial charge on any atom is -0.369 e. The van der Waals surface area contributed by atoms with Crippen molar-refractivity contribution in [2.45, 2.75) is 52.4 Å². The standard InChI is InChI=1S/C21H25F3N6O2/c1-12(2)30(16-8-6-7-15(13(16)3)21(22,23)24)17(31)14(9-25)10-27-18(26)29-11-20(4,5)28-19(29)32/h6-8,10,12H,11H2,1-5H3,(H2,26,27)(H,28,32). The van der Waals surface area contributed by atoms with Gasteiger partial charge in [-0.1, -0.05) is 6.07 Å². The normalized spacial score (nSPS) is 16.8. The van der Waals surface area contributed by atoms with Crippen molar-refractivity contribution in [2.24, 2.45) is 10.7 Å². The van der Waals surface area contributed by atoms with Crippen LogP contribution in [-0.4, -0.2) is 40.9 Å². The number of alkyl halides is 3. The number of anilines is 1. The molecule has 1 aromatic carbocycles. The number of aliphatic imine (C=N–C) groups is 1. The lowest BCUT2D eigenvalue weighted by Crippen LogP contribution is -2.40. The van der Waals surface area contributed by atoms with Crippen LogP contribution in [-0.2, 0) is 11.0 Å². The number of carbonyl (C=O) groups is 2. The van der Waals surface area contributed by atoms with Gasteiger partial charge in [-0.25, -0.2) is 9.79 Å². The Balaban J connectivity index is 2.43. The Morgan fingerprint density at radius 1 is 1.41 bits per heavy atom. The highest BCUT2D eigenvalue weighted by Gasteiger charge is 2.37. The van der Waals surface area contributed by atoms with Gasteiger partial charge in [0.1, 0.15) is 11.6 Å². The Kier molecular flexibility index (Phi) is 6.87. The molecule has 3 N–H and O–H groups in total. The second-order valence-corrected chi connectivity index (χ2v) is 8.26. The zero-order valence-corrected chi connectivity index (χ0v) is 18.4. The van der Waals surface area contributed by atoms with E-state index in [2.05, 4.69) is 10.3 Å². The summed E-state index contributed by atoms with van der Waals surface area (Å²) in [5.41, 5.74) is 3.87. The monoisotopic (exact) mass is 450 g/mol. The van der Waals surface area contributed by atoms with Crippen molar-refractivity contribution in [3.63, 3.8) is 0 Å². The minimum atomic E-state index is -4.59. The fraction of sp³-hybridized carbons (Fsp3) is 0.429. The molecule has 0 spiro atoms. The number of amides is 3. The van der Waals surface area contributed by atoms with E-state index in [4.69, 9.17) is 5.73 Å². The lowest BCUT2D eigenvalue weighted by molar-refractivity contribution is -0.138. The van der Waals surface area contributed by atoms with Crippen LogP contribution < -0.4 is 16.0 Å². The van der Waals surface area contributed by atoms with Gasteiger partial charge in [-0.15, -0.1) is 0 Å². The highest BCUT2D eigenvalue weighted by molar-refractivity contribution is 6.09.